The molecule has 8 heteroatoms. The first-order valence-electron chi connectivity index (χ1n) is 10.2. The number of rotatable bonds is 4. The third-order valence-electron chi connectivity index (χ3n) is 5.19. The average molecular weight is 439 g/mol. The molecule has 0 atom stereocenters. The summed E-state index contributed by atoms with van der Waals surface area (Å²) in [5.74, 6) is -0.545. The molecule has 0 aliphatic rings. The second-order valence-electron chi connectivity index (χ2n) is 7.50. The summed E-state index contributed by atoms with van der Waals surface area (Å²) in [6.45, 7) is 1.62. The zero-order valence-corrected chi connectivity index (χ0v) is 17.5. The standard InChI is InChI=1S/C25H18FN5O2/c1-15-13-22(32)23(30-31(15)21-12-5-2-9-18(21)26)25(33)27-17-8-6-7-16(14-17)24-28-19-10-3-4-11-20(19)29-24/h2-14H,1H3,(H,27,33)(H,28,29). The van der Waals surface area contributed by atoms with Crippen molar-refractivity contribution in [1.82, 2.24) is 19.7 Å². The van der Waals surface area contributed by atoms with Gasteiger partial charge in [-0.1, -0.05) is 36.4 Å². The maximum absolute atomic E-state index is 14.3. The van der Waals surface area contributed by atoms with Crippen molar-refractivity contribution < 1.29 is 9.18 Å². The fourth-order valence-electron chi connectivity index (χ4n) is 3.60. The summed E-state index contributed by atoms with van der Waals surface area (Å²) in [5.41, 5.74) is 2.65. The highest BCUT2D eigenvalue weighted by Gasteiger charge is 2.17. The van der Waals surface area contributed by atoms with Crippen molar-refractivity contribution in [2.45, 2.75) is 6.92 Å². The summed E-state index contributed by atoms with van der Waals surface area (Å²) in [6.07, 6.45) is 0. The molecule has 0 aliphatic heterocycles. The van der Waals surface area contributed by atoms with Crippen molar-refractivity contribution in [3.05, 3.63) is 106 Å². The van der Waals surface area contributed by atoms with Crippen LogP contribution in [0.2, 0.25) is 0 Å². The summed E-state index contributed by atoms with van der Waals surface area (Å²) in [7, 11) is 0. The Morgan fingerprint density at radius 1 is 1.00 bits per heavy atom. The number of aromatic nitrogens is 4. The van der Waals surface area contributed by atoms with Crippen molar-refractivity contribution in [3.8, 4) is 17.1 Å². The van der Waals surface area contributed by atoms with E-state index in [0.717, 1.165) is 16.6 Å². The van der Waals surface area contributed by atoms with Crippen LogP contribution in [-0.2, 0) is 0 Å². The number of nitrogens with one attached hydrogen (secondary N) is 2. The zero-order chi connectivity index (χ0) is 22.9. The largest absolute Gasteiger partial charge is 0.338 e. The number of hydrogen-bond acceptors (Lipinski definition) is 4. The van der Waals surface area contributed by atoms with Gasteiger partial charge < -0.3 is 10.3 Å². The molecule has 1 amide bonds. The van der Waals surface area contributed by atoms with Gasteiger partial charge in [0.05, 0.1) is 11.0 Å². The fourth-order valence-corrected chi connectivity index (χ4v) is 3.60. The van der Waals surface area contributed by atoms with Crippen LogP contribution in [0.4, 0.5) is 10.1 Å². The maximum atomic E-state index is 14.3. The van der Waals surface area contributed by atoms with E-state index >= 15 is 0 Å². The first-order valence-corrected chi connectivity index (χ1v) is 10.2. The highest BCUT2D eigenvalue weighted by Crippen LogP contribution is 2.23. The highest BCUT2D eigenvalue weighted by molar-refractivity contribution is 6.03. The predicted octanol–water partition coefficient (Wildman–Crippen LogP) is 4.48. The molecule has 2 N–H and O–H groups in total. The quantitative estimate of drug-likeness (QED) is 0.432. The third-order valence-corrected chi connectivity index (χ3v) is 5.19. The molecule has 162 valence electrons. The molecule has 0 radical (unpaired) electrons. The van der Waals surface area contributed by atoms with E-state index in [2.05, 4.69) is 20.4 Å². The first-order chi connectivity index (χ1) is 16.0. The second kappa shape index (κ2) is 8.16. The topological polar surface area (TPSA) is 92.7 Å². The molecule has 2 aromatic heterocycles. The normalized spacial score (nSPS) is 11.0. The van der Waals surface area contributed by atoms with Gasteiger partial charge in [-0.3, -0.25) is 9.59 Å². The maximum Gasteiger partial charge on any atom is 0.280 e. The van der Waals surface area contributed by atoms with Crippen molar-refractivity contribution in [2.24, 2.45) is 0 Å². The van der Waals surface area contributed by atoms with Crippen LogP contribution in [-0.4, -0.2) is 25.7 Å². The van der Waals surface area contributed by atoms with Gasteiger partial charge in [-0.05, 0) is 43.3 Å². The van der Waals surface area contributed by atoms with Gasteiger partial charge in [-0.15, -0.1) is 0 Å². The number of aryl methyl sites for hydroxylation is 1. The SMILES string of the molecule is Cc1cc(=O)c(C(=O)Nc2cccc(-c3nc4ccccc4[nH]3)c2)nn1-c1ccccc1F. The number of H-pyrrole nitrogens is 1. The average Bonchev–Trinajstić information content (AvgIpc) is 3.24. The Labute approximate surface area is 187 Å². The summed E-state index contributed by atoms with van der Waals surface area (Å²) in [6, 6.07) is 22.0. The molecule has 2 heterocycles. The third kappa shape index (κ3) is 3.89. The Morgan fingerprint density at radius 2 is 1.79 bits per heavy atom. The van der Waals surface area contributed by atoms with E-state index in [1.807, 2.05) is 30.3 Å². The Balaban J connectivity index is 1.47. The number of carbonyl (C=O) groups is 1. The van der Waals surface area contributed by atoms with Gasteiger partial charge in [0.2, 0.25) is 5.43 Å². The second-order valence-corrected chi connectivity index (χ2v) is 7.50. The number of hydrogen-bond donors (Lipinski definition) is 2. The van der Waals surface area contributed by atoms with Crippen LogP contribution in [0.25, 0.3) is 28.1 Å². The Kier molecular flexibility index (Phi) is 5.02. The minimum absolute atomic E-state index is 0.149. The van der Waals surface area contributed by atoms with E-state index < -0.39 is 17.2 Å². The van der Waals surface area contributed by atoms with E-state index in [1.54, 1.807) is 37.3 Å². The minimum Gasteiger partial charge on any atom is -0.338 e. The fraction of sp³-hybridized carbons (Fsp3) is 0.0400. The molecule has 0 saturated heterocycles. The summed E-state index contributed by atoms with van der Waals surface area (Å²) in [5, 5.41) is 6.85. The van der Waals surface area contributed by atoms with Gasteiger partial charge in [0.1, 0.15) is 17.3 Å². The Bertz CT molecular complexity index is 1540. The van der Waals surface area contributed by atoms with Gasteiger partial charge in [-0.25, -0.2) is 14.1 Å². The highest BCUT2D eigenvalue weighted by atomic mass is 19.1. The smallest absolute Gasteiger partial charge is 0.280 e. The number of imidazole rings is 1. The van der Waals surface area contributed by atoms with Gasteiger partial charge >= 0.3 is 0 Å². The molecule has 3 aromatic carbocycles. The zero-order valence-electron chi connectivity index (χ0n) is 17.5. The van der Waals surface area contributed by atoms with Crippen molar-refractivity contribution in [1.29, 1.82) is 0 Å². The molecule has 33 heavy (non-hydrogen) atoms. The van der Waals surface area contributed by atoms with E-state index in [4.69, 9.17) is 0 Å². The lowest BCUT2D eigenvalue weighted by atomic mass is 10.2. The van der Waals surface area contributed by atoms with Crippen LogP contribution in [0.15, 0.2) is 83.7 Å². The predicted molar refractivity (Wildman–Crippen MR) is 124 cm³/mol. The van der Waals surface area contributed by atoms with E-state index in [-0.39, 0.29) is 11.4 Å². The molecule has 5 aromatic rings. The molecule has 0 fully saturated rings. The summed E-state index contributed by atoms with van der Waals surface area (Å²) < 4.78 is 15.5. The molecular formula is C25H18FN5O2. The molecule has 0 unspecified atom stereocenters. The van der Waals surface area contributed by atoms with Crippen molar-refractivity contribution in [3.63, 3.8) is 0 Å². The lowest BCUT2D eigenvalue weighted by Crippen LogP contribution is -2.27. The van der Waals surface area contributed by atoms with Crippen molar-refractivity contribution >= 4 is 22.6 Å². The lowest BCUT2D eigenvalue weighted by Gasteiger charge is -2.12. The molecule has 0 aliphatic carbocycles. The van der Waals surface area contributed by atoms with E-state index in [1.165, 1.54) is 22.9 Å². The number of carbonyl (C=O) groups excluding carboxylic acids is 1. The molecule has 7 nitrogen and oxygen atoms in total. The van der Waals surface area contributed by atoms with Crippen LogP contribution < -0.4 is 10.7 Å². The number of amides is 1. The van der Waals surface area contributed by atoms with Crippen LogP contribution in [0.1, 0.15) is 16.2 Å². The van der Waals surface area contributed by atoms with Crippen LogP contribution in [0.3, 0.4) is 0 Å². The number of benzene rings is 3. The van der Waals surface area contributed by atoms with Crippen molar-refractivity contribution in [2.75, 3.05) is 5.32 Å². The van der Waals surface area contributed by atoms with Gasteiger partial charge in [0, 0.05) is 23.0 Å². The first kappa shape index (κ1) is 20.3. The Hall–Kier alpha value is -4.59. The van der Waals surface area contributed by atoms with Gasteiger partial charge in [0.25, 0.3) is 5.91 Å². The number of nitrogens with zero attached hydrogens (tertiary/aromatic N) is 3. The number of para-hydroxylation sites is 3. The minimum atomic E-state index is -0.688. The molecule has 0 saturated carbocycles. The van der Waals surface area contributed by atoms with Crippen LogP contribution in [0, 0.1) is 12.7 Å². The summed E-state index contributed by atoms with van der Waals surface area (Å²) >= 11 is 0. The van der Waals surface area contributed by atoms with Gasteiger partial charge in [0.15, 0.2) is 5.69 Å². The number of fused-ring (bicyclic) bond motifs is 1. The number of aromatic amines is 1. The number of halogens is 1. The Morgan fingerprint density at radius 3 is 2.61 bits per heavy atom. The molecular weight excluding hydrogens is 421 g/mol. The lowest BCUT2D eigenvalue weighted by molar-refractivity contribution is 0.101. The summed E-state index contributed by atoms with van der Waals surface area (Å²) in [4.78, 5) is 33.2. The monoisotopic (exact) mass is 439 g/mol. The van der Waals surface area contributed by atoms with E-state index in [9.17, 15) is 14.0 Å². The molecule has 5 rings (SSSR count). The molecule has 0 spiro atoms. The van der Waals surface area contributed by atoms with Gasteiger partial charge in [-0.2, -0.15) is 5.10 Å². The number of anilines is 1. The van der Waals surface area contributed by atoms with Crippen LogP contribution in [0.5, 0.6) is 0 Å². The van der Waals surface area contributed by atoms with Crippen LogP contribution >= 0.6 is 0 Å². The van der Waals surface area contributed by atoms with E-state index in [0.29, 0.717) is 17.2 Å². The molecule has 0 bridgehead atoms.